The molecular weight excluding hydrogens is 288 g/mol. The topological polar surface area (TPSA) is 50.2 Å². The molecule has 0 atom stereocenters. The van der Waals surface area contributed by atoms with Gasteiger partial charge in [-0.1, -0.05) is 34.6 Å². The predicted octanol–water partition coefficient (Wildman–Crippen LogP) is 3.27. The summed E-state index contributed by atoms with van der Waals surface area (Å²) in [5.74, 6) is 0.644. The predicted molar refractivity (Wildman–Crippen MR) is 97.7 cm³/mol. The monoisotopic (exact) mass is 324 g/mol. The first-order valence-corrected chi connectivity index (χ1v) is 9.00. The fourth-order valence-corrected chi connectivity index (χ4v) is 2.19. The number of hydrogen-bond donors (Lipinski definition) is 1. The zero-order valence-electron chi connectivity index (χ0n) is 15.9. The highest BCUT2D eigenvalue weighted by Gasteiger charge is 2.05. The van der Waals surface area contributed by atoms with Crippen LogP contribution in [0.2, 0.25) is 0 Å². The Morgan fingerprint density at radius 1 is 1.35 bits per heavy atom. The fourth-order valence-electron chi connectivity index (χ4n) is 2.19. The van der Waals surface area contributed by atoms with Crippen molar-refractivity contribution >= 4 is 5.91 Å². The molecule has 0 aromatic carbocycles. The Morgan fingerprint density at radius 2 is 2.04 bits per heavy atom. The minimum absolute atomic E-state index is 0.118. The molecule has 1 aromatic rings. The molecule has 0 spiro atoms. The van der Waals surface area contributed by atoms with Crippen LogP contribution >= 0.6 is 0 Å². The summed E-state index contributed by atoms with van der Waals surface area (Å²) in [6, 6.07) is 0. The van der Waals surface area contributed by atoms with Crippen molar-refractivity contribution in [2.45, 2.75) is 66.3 Å². The van der Waals surface area contributed by atoms with Gasteiger partial charge in [0, 0.05) is 19.3 Å². The maximum absolute atomic E-state index is 11.7. The first-order chi connectivity index (χ1) is 11.0. The van der Waals surface area contributed by atoms with Gasteiger partial charge in [0.15, 0.2) is 0 Å². The van der Waals surface area contributed by atoms with Crippen molar-refractivity contribution in [2.24, 2.45) is 0 Å². The molecule has 1 amide bonds. The third-order valence-corrected chi connectivity index (χ3v) is 3.47. The summed E-state index contributed by atoms with van der Waals surface area (Å²) in [5, 5.41) is 7.32. The summed E-state index contributed by atoms with van der Waals surface area (Å²) in [5.41, 5.74) is 1.28. The second-order valence-corrected chi connectivity index (χ2v) is 5.99. The van der Waals surface area contributed by atoms with E-state index in [0.717, 1.165) is 38.9 Å². The van der Waals surface area contributed by atoms with Crippen LogP contribution in [0.5, 0.6) is 0 Å². The molecule has 23 heavy (non-hydrogen) atoms. The quantitative estimate of drug-likeness (QED) is 0.672. The van der Waals surface area contributed by atoms with E-state index >= 15 is 0 Å². The number of likely N-dealkylation sites (N-methyl/N-ethyl adjacent to an activating group) is 1. The minimum atomic E-state index is 0.118. The largest absolute Gasteiger partial charge is 0.355 e. The molecular formula is C18H36N4O. The summed E-state index contributed by atoms with van der Waals surface area (Å²) in [6.07, 6.45) is 7.15. The van der Waals surface area contributed by atoms with Crippen LogP contribution in [0.1, 0.15) is 65.4 Å². The fraction of sp³-hybridized carbons (Fsp3) is 0.778. The molecule has 5 heteroatoms. The van der Waals surface area contributed by atoms with Crippen molar-refractivity contribution in [3.8, 4) is 0 Å². The van der Waals surface area contributed by atoms with E-state index in [1.807, 2.05) is 36.7 Å². The molecule has 1 aromatic heterocycles. The number of unbranched alkanes of at least 4 members (excludes halogenated alkanes) is 1. The zero-order chi connectivity index (χ0) is 17.7. The van der Waals surface area contributed by atoms with E-state index in [1.165, 1.54) is 5.56 Å². The molecule has 134 valence electrons. The molecule has 0 aliphatic rings. The lowest BCUT2D eigenvalue weighted by Crippen LogP contribution is -2.35. The normalized spacial score (nSPS) is 10.6. The number of aromatic nitrogens is 2. The molecule has 1 heterocycles. The van der Waals surface area contributed by atoms with Crippen molar-refractivity contribution in [1.29, 1.82) is 0 Å². The number of nitrogens with one attached hydrogen (secondary N) is 1. The van der Waals surface area contributed by atoms with E-state index in [2.05, 4.69) is 37.4 Å². The van der Waals surface area contributed by atoms with Gasteiger partial charge in [-0.2, -0.15) is 5.10 Å². The van der Waals surface area contributed by atoms with E-state index in [-0.39, 0.29) is 5.91 Å². The van der Waals surface area contributed by atoms with Crippen LogP contribution in [0.15, 0.2) is 12.4 Å². The van der Waals surface area contributed by atoms with Crippen LogP contribution in [-0.2, 0) is 11.3 Å². The lowest BCUT2D eigenvalue weighted by molar-refractivity contribution is -0.121. The Hall–Kier alpha value is -1.36. The molecule has 0 saturated carbocycles. The first kappa shape index (κ1) is 21.6. The van der Waals surface area contributed by atoms with Gasteiger partial charge in [-0.3, -0.25) is 14.4 Å². The molecule has 5 nitrogen and oxygen atoms in total. The van der Waals surface area contributed by atoms with Gasteiger partial charge in [0.2, 0.25) is 5.91 Å². The second kappa shape index (κ2) is 13.1. The Bertz CT molecular complexity index is 415. The van der Waals surface area contributed by atoms with Crippen molar-refractivity contribution in [1.82, 2.24) is 20.0 Å². The first-order valence-electron chi connectivity index (χ1n) is 9.00. The number of rotatable bonds is 10. The smallest absolute Gasteiger partial charge is 0.234 e. The van der Waals surface area contributed by atoms with Gasteiger partial charge in [0.05, 0.1) is 12.7 Å². The van der Waals surface area contributed by atoms with E-state index in [1.54, 1.807) is 0 Å². The van der Waals surface area contributed by atoms with E-state index in [9.17, 15) is 4.79 Å². The Morgan fingerprint density at radius 3 is 2.61 bits per heavy atom. The highest BCUT2D eigenvalue weighted by molar-refractivity contribution is 5.77. The number of amides is 1. The molecule has 0 aliphatic heterocycles. The summed E-state index contributed by atoms with van der Waals surface area (Å²) in [7, 11) is 1.98. The summed E-state index contributed by atoms with van der Waals surface area (Å²) < 4.78 is 1.99. The van der Waals surface area contributed by atoms with Gasteiger partial charge in [-0.15, -0.1) is 0 Å². The number of carbonyl (C=O) groups excluding carboxylic acids is 1. The second-order valence-electron chi connectivity index (χ2n) is 5.99. The van der Waals surface area contributed by atoms with Crippen LogP contribution in [-0.4, -0.2) is 47.3 Å². The van der Waals surface area contributed by atoms with Crippen LogP contribution < -0.4 is 5.32 Å². The van der Waals surface area contributed by atoms with Crippen LogP contribution in [0.3, 0.4) is 0 Å². The SMILES string of the molecule is CC.CCCN(C)CC(=O)NCCCCn1cc(C(C)C)cn1. The highest BCUT2D eigenvalue weighted by Crippen LogP contribution is 2.12. The number of hydrogen-bond acceptors (Lipinski definition) is 3. The average molecular weight is 325 g/mol. The van der Waals surface area contributed by atoms with Crippen LogP contribution in [0, 0.1) is 0 Å². The lowest BCUT2D eigenvalue weighted by atomic mass is 10.1. The number of aryl methyl sites for hydroxylation is 1. The lowest BCUT2D eigenvalue weighted by Gasteiger charge is -2.14. The van der Waals surface area contributed by atoms with E-state index in [4.69, 9.17) is 0 Å². The maximum atomic E-state index is 11.7. The van der Waals surface area contributed by atoms with Crippen molar-refractivity contribution in [2.75, 3.05) is 26.7 Å². The average Bonchev–Trinajstić information content (AvgIpc) is 2.98. The third-order valence-electron chi connectivity index (χ3n) is 3.47. The standard InChI is InChI=1S/C16H30N4O.C2H6/c1-5-9-19(4)13-16(21)17-8-6-7-10-20-12-15(11-18-20)14(2)3;1-2/h11-12,14H,5-10,13H2,1-4H3,(H,17,21);1-2H3. The van der Waals surface area contributed by atoms with Crippen LogP contribution in [0.4, 0.5) is 0 Å². The highest BCUT2D eigenvalue weighted by atomic mass is 16.2. The summed E-state index contributed by atoms with van der Waals surface area (Å²) in [4.78, 5) is 13.7. The zero-order valence-corrected chi connectivity index (χ0v) is 15.9. The summed E-state index contributed by atoms with van der Waals surface area (Å²) in [6.45, 7) is 13.6. The summed E-state index contributed by atoms with van der Waals surface area (Å²) >= 11 is 0. The van der Waals surface area contributed by atoms with Crippen molar-refractivity contribution in [3.63, 3.8) is 0 Å². The molecule has 0 aliphatic carbocycles. The van der Waals surface area contributed by atoms with Crippen molar-refractivity contribution < 1.29 is 4.79 Å². The minimum Gasteiger partial charge on any atom is -0.355 e. The van der Waals surface area contributed by atoms with Crippen LogP contribution in [0.25, 0.3) is 0 Å². The third kappa shape index (κ3) is 10.1. The molecule has 0 saturated heterocycles. The van der Waals surface area contributed by atoms with Gasteiger partial charge in [-0.25, -0.2) is 0 Å². The van der Waals surface area contributed by atoms with E-state index in [0.29, 0.717) is 12.5 Å². The number of carbonyl (C=O) groups is 1. The van der Waals surface area contributed by atoms with Gasteiger partial charge in [0.1, 0.15) is 0 Å². The molecule has 1 N–H and O–H groups in total. The van der Waals surface area contributed by atoms with Gasteiger partial charge in [-0.05, 0) is 44.3 Å². The molecule has 0 unspecified atom stereocenters. The molecule has 0 bridgehead atoms. The molecule has 0 fully saturated rings. The van der Waals surface area contributed by atoms with Gasteiger partial charge in [0.25, 0.3) is 0 Å². The Kier molecular flexibility index (Phi) is 12.3. The molecule has 1 rings (SSSR count). The van der Waals surface area contributed by atoms with E-state index < -0.39 is 0 Å². The number of nitrogens with zero attached hydrogens (tertiary/aromatic N) is 3. The maximum Gasteiger partial charge on any atom is 0.234 e. The van der Waals surface area contributed by atoms with Crippen molar-refractivity contribution in [3.05, 3.63) is 18.0 Å². The Labute approximate surface area is 142 Å². The Balaban J connectivity index is 0.00000232. The van der Waals surface area contributed by atoms with Gasteiger partial charge < -0.3 is 5.32 Å². The van der Waals surface area contributed by atoms with Gasteiger partial charge >= 0.3 is 0 Å². The molecule has 0 radical (unpaired) electrons.